The second-order valence-corrected chi connectivity index (χ2v) is 4.28. The molecule has 0 aliphatic heterocycles. The normalized spacial score (nSPS) is 18.2. The number of phenols is 1. The van der Waals surface area contributed by atoms with Crippen LogP contribution in [0.1, 0.15) is 31.9 Å². The van der Waals surface area contributed by atoms with Crippen molar-refractivity contribution in [1.29, 1.82) is 0 Å². The SMILES string of the molecule is CC1=CC(C)(C)c2ccc(O)cc21. The Balaban J connectivity index is 2.67. The zero-order valence-corrected chi connectivity index (χ0v) is 8.26. The summed E-state index contributed by atoms with van der Waals surface area (Å²) in [5.41, 5.74) is 3.87. The smallest absolute Gasteiger partial charge is 0.116 e. The molecule has 68 valence electrons. The van der Waals surface area contributed by atoms with E-state index in [0.29, 0.717) is 5.75 Å². The second kappa shape index (κ2) is 2.38. The van der Waals surface area contributed by atoms with Gasteiger partial charge in [0.25, 0.3) is 0 Å². The van der Waals surface area contributed by atoms with Crippen LogP contribution < -0.4 is 0 Å². The minimum atomic E-state index is 0.118. The van der Waals surface area contributed by atoms with Gasteiger partial charge in [-0.15, -0.1) is 0 Å². The van der Waals surface area contributed by atoms with E-state index >= 15 is 0 Å². The van der Waals surface area contributed by atoms with Crippen LogP contribution in [0.4, 0.5) is 0 Å². The molecule has 1 aliphatic carbocycles. The van der Waals surface area contributed by atoms with Gasteiger partial charge >= 0.3 is 0 Å². The van der Waals surface area contributed by atoms with E-state index in [9.17, 15) is 5.11 Å². The minimum absolute atomic E-state index is 0.118. The third kappa shape index (κ3) is 1.15. The molecular weight excluding hydrogens is 160 g/mol. The van der Waals surface area contributed by atoms with E-state index in [0.717, 1.165) is 0 Å². The fraction of sp³-hybridized carbons (Fsp3) is 0.333. The van der Waals surface area contributed by atoms with E-state index in [-0.39, 0.29) is 5.41 Å². The van der Waals surface area contributed by atoms with Gasteiger partial charge in [0.2, 0.25) is 0 Å². The summed E-state index contributed by atoms with van der Waals surface area (Å²) in [6.07, 6.45) is 2.25. The van der Waals surface area contributed by atoms with Crippen molar-refractivity contribution in [1.82, 2.24) is 0 Å². The second-order valence-electron chi connectivity index (χ2n) is 4.28. The summed E-state index contributed by atoms with van der Waals surface area (Å²) in [6.45, 7) is 6.48. The molecule has 0 saturated heterocycles. The Morgan fingerprint density at radius 2 is 1.92 bits per heavy atom. The van der Waals surface area contributed by atoms with Crippen molar-refractivity contribution >= 4 is 5.57 Å². The number of benzene rings is 1. The molecule has 0 amide bonds. The first-order chi connectivity index (χ1) is 6.00. The van der Waals surface area contributed by atoms with Crippen LogP contribution in [0.3, 0.4) is 0 Å². The largest absolute Gasteiger partial charge is 0.508 e. The van der Waals surface area contributed by atoms with Gasteiger partial charge in [0, 0.05) is 5.41 Å². The standard InChI is InChI=1S/C12H14O/c1-8-7-12(2,3)11-5-4-9(13)6-10(8)11/h4-7,13H,1-3H3. The van der Waals surface area contributed by atoms with Crippen molar-refractivity contribution in [2.45, 2.75) is 26.2 Å². The maximum Gasteiger partial charge on any atom is 0.116 e. The molecular formula is C12H14O. The van der Waals surface area contributed by atoms with Crippen molar-refractivity contribution in [3.8, 4) is 5.75 Å². The van der Waals surface area contributed by atoms with Crippen molar-refractivity contribution in [3.63, 3.8) is 0 Å². The summed E-state index contributed by atoms with van der Waals surface area (Å²) in [7, 11) is 0. The van der Waals surface area contributed by atoms with Crippen molar-refractivity contribution < 1.29 is 5.11 Å². The van der Waals surface area contributed by atoms with Gasteiger partial charge in [-0.3, -0.25) is 0 Å². The molecule has 0 bridgehead atoms. The summed E-state index contributed by atoms with van der Waals surface area (Å²) in [5, 5.41) is 9.36. The highest BCUT2D eigenvalue weighted by atomic mass is 16.3. The van der Waals surface area contributed by atoms with Crippen molar-refractivity contribution in [3.05, 3.63) is 35.4 Å². The molecule has 0 fully saturated rings. The van der Waals surface area contributed by atoms with Gasteiger partial charge in [-0.05, 0) is 35.8 Å². The number of allylic oxidation sites excluding steroid dienone is 2. The summed E-state index contributed by atoms with van der Waals surface area (Å²) >= 11 is 0. The molecule has 2 rings (SSSR count). The predicted molar refractivity (Wildman–Crippen MR) is 54.8 cm³/mol. The van der Waals surface area contributed by atoms with Gasteiger partial charge in [0.05, 0.1) is 0 Å². The Morgan fingerprint density at radius 1 is 1.23 bits per heavy atom. The average Bonchev–Trinajstić information content (AvgIpc) is 2.22. The molecule has 1 heteroatoms. The number of fused-ring (bicyclic) bond motifs is 1. The monoisotopic (exact) mass is 174 g/mol. The van der Waals surface area contributed by atoms with Gasteiger partial charge in [-0.1, -0.05) is 26.0 Å². The van der Waals surface area contributed by atoms with Crippen LogP contribution in [-0.2, 0) is 5.41 Å². The third-order valence-corrected chi connectivity index (χ3v) is 2.70. The van der Waals surface area contributed by atoms with E-state index in [1.807, 2.05) is 12.1 Å². The van der Waals surface area contributed by atoms with Crippen LogP contribution in [0.5, 0.6) is 5.75 Å². The summed E-state index contributed by atoms with van der Waals surface area (Å²) in [4.78, 5) is 0. The number of rotatable bonds is 0. The van der Waals surface area contributed by atoms with Crippen LogP contribution in [0.2, 0.25) is 0 Å². The van der Waals surface area contributed by atoms with Crippen LogP contribution in [0, 0.1) is 0 Å². The lowest BCUT2D eigenvalue weighted by atomic mass is 9.87. The summed E-state index contributed by atoms with van der Waals surface area (Å²) < 4.78 is 0. The van der Waals surface area contributed by atoms with E-state index < -0.39 is 0 Å². The molecule has 1 nitrogen and oxygen atoms in total. The van der Waals surface area contributed by atoms with Gasteiger partial charge < -0.3 is 5.11 Å². The number of hydrogen-bond acceptors (Lipinski definition) is 1. The molecule has 0 saturated carbocycles. The molecule has 1 aromatic carbocycles. The molecule has 0 radical (unpaired) electrons. The Labute approximate surface area is 78.7 Å². The highest BCUT2D eigenvalue weighted by Crippen LogP contribution is 2.41. The highest BCUT2D eigenvalue weighted by Gasteiger charge is 2.27. The van der Waals surface area contributed by atoms with Crippen LogP contribution >= 0.6 is 0 Å². The Kier molecular flexibility index (Phi) is 1.53. The maximum atomic E-state index is 9.36. The van der Waals surface area contributed by atoms with E-state index in [4.69, 9.17) is 0 Å². The first-order valence-electron chi connectivity index (χ1n) is 4.54. The number of phenolic OH excluding ortho intramolecular Hbond substituents is 1. The fourth-order valence-electron chi connectivity index (χ4n) is 2.12. The summed E-state index contributed by atoms with van der Waals surface area (Å²) in [6, 6.07) is 5.61. The van der Waals surface area contributed by atoms with Gasteiger partial charge in [-0.2, -0.15) is 0 Å². The zero-order valence-electron chi connectivity index (χ0n) is 8.26. The van der Waals surface area contributed by atoms with Gasteiger partial charge in [0.15, 0.2) is 0 Å². The topological polar surface area (TPSA) is 20.2 Å². The molecule has 0 atom stereocenters. The third-order valence-electron chi connectivity index (χ3n) is 2.70. The molecule has 13 heavy (non-hydrogen) atoms. The maximum absolute atomic E-state index is 9.36. The zero-order chi connectivity index (χ0) is 9.64. The van der Waals surface area contributed by atoms with Gasteiger partial charge in [0.1, 0.15) is 5.75 Å². The van der Waals surface area contributed by atoms with Crippen LogP contribution in [0.15, 0.2) is 24.3 Å². The Morgan fingerprint density at radius 3 is 2.62 bits per heavy atom. The lowest BCUT2D eigenvalue weighted by Gasteiger charge is -2.17. The molecule has 0 aromatic heterocycles. The fourth-order valence-corrected chi connectivity index (χ4v) is 2.12. The molecule has 1 N–H and O–H groups in total. The van der Waals surface area contributed by atoms with E-state index in [1.165, 1.54) is 16.7 Å². The molecule has 0 spiro atoms. The molecule has 0 heterocycles. The minimum Gasteiger partial charge on any atom is -0.508 e. The molecule has 1 aromatic rings. The Bertz CT molecular complexity index is 386. The van der Waals surface area contributed by atoms with E-state index in [2.05, 4.69) is 26.8 Å². The molecule has 0 unspecified atom stereocenters. The first-order valence-corrected chi connectivity index (χ1v) is 4.54. The lowest BCUT2D eigenvalue weighted by Crippen LogP contribution is -2.10. The van der Waals surface area contributed by atoms with Gasteiger partial charge in [-0.25, -0.2) is 0 Å². The van der Waals surface area contributed by atoms with E-state index in [1.54, 1.807) is 6.07 Å². The quantitative estimate of drug-likeness (QED) is 0.640. The van der Waals surface area contributed by atoms with Crippen molar-refractivity contribution in [2.75, 3.05) is 0 Å². The average molecular weight is 174 g/mol. The first kappa shape index (κ1) is 8.36. The summed E-state index contributed by atoms with van der Waals surface area (Å²) in [5.74, 6) is 0.351. The lowest BCUT2D eigenvalue weighted by molar-refractivity contribution is 0.474. The van der Waals surface area contributed by atoms with Crippen LogP contribution in [0.25, 0.3) is 5.57 Å². The Hall–Kier alpha value is -1.24. The van der Waals surface area contributed by atoms with Crippen molar-refractivity contribution in [2.24, 2.45) is 0 Å². The highest BCUT2D eigenvalue weighted by molar-refractivity contribution is 5.75. The number of hydrogen-bond donors (Lipinski definition) is 1. The number of aromatic hydroxyl groups is 1. The molecule has 1 aliphatic rings. The predicted octanol–water partition coefficient (Wildman–Crippen LogP) is 3.09. The van der Waals surface area contributed by atoms with Crippen LogP contribution in [-0.4, -0.2) is 5.11 Å².